The Bertz CT molecular complexity index is 794. The van der Waals surface area contributed by atoms with Gasteiger partial charge in [-0.2, -0.15) is 0 Å². The second kappa shape index (κ2) is 10.9. The van der Waals surface area contributed by atoms with Crippen LogP contribution >= 0.6 is 0 Å². The fourth-order valence-corrected chi connectivity index (χ4v) is 2.63. The summed E-state index contributed by atoms with van der Waals surface area (Å²) in [6, 6.07) is 6.21. The van der Waals surface area contributed by atoms with Gasteiger partial charge in [-0.25, -0.2) is 4.98 Å². The Morgan fingerprint density at radius 3 is 2.59 bits per heavy atom. The topological polar surface area (TPSA) is 80.9 Å². The smallest absolute Gasteiger partial charge is 0.213 e. The molecule has 1 aromatic carbocycles. The van der Waals surface area contributed by atoms with E-state index in [2.05, 4.69) is 66.5 Å². The maximum absolute atomic E-state index is 5.94. The first-order valence-electron chi connectivity index (χ1n) is 9.94. The third kappa shape index (κ3) is 7.42. The molecule has 0 fully saturated rings. The van der Waals surface area contributed by atoms with E-state index in [4.69, 9.17) is 13.9 Å². The van der Waals surface area contributed by atoms with Crippen molar-refractivity contribution in [1.29, 1.82) is 0 Å². The van der Waals surface area contributed by atoms with Gasteiger partial charge >= 0.3 is 0 Å². The number of ether oxygens (including phenoxy) is 2. The number of aromatic nitrogens is 1. The van der Waals surface area contributed by atoms with E-state index in [1.165, 1.54) is 0 Å². The number of benzene rings is 1. The van der Waals surface area contributed by atoms with Crippen LogP contribution in [0.2, 0.25) is 0 Å². The van der Waals surface area contributed by atoms with E-state index in [0.717, 1.165) is 29.1 Å². The molecule has 0 aliphatic heterocycles. The molecule has 7 heteroatoms. The molecule has 2 rings (SSSR count). The summed E-state index contributed by atoms with van der Waals surface area (Å²) in [5, 5.41) is 6.56. The summed E-state index contributed by atoms with van der Waals surface area (Å²) in [5.41, 5.74) is 2.18. The predicted octanol–water partition coefficient (Wildman–Crippen LogP) is 3.56. The van der Waals surface area contributed by atoms with Gasteiger partial charge in [-0.1, -0.05) is 32.9 Å². The van der Waals surface area contributed by atoms with Crippen molar-refractivity contribution in [2.24, 2.45) is 4.99 Å². The maximum Gasteiger partial charge on any atom is 0.213 e. The molecule has 0 bridgehead atoms. The standard InChI is InChI=1S/C22H34N4O3/c1-16-8-9-17(18(12-16)28-11-7-10-27-6)13-25-21(23-5)26-15-20-24-14-19(29-20)22(2,3)4/h8-9,12,14H,7,10-11,13,15H2,1-6H3,(H2,23,25,26). The minimum Gasteiger partial charge on any atom is -0.493 e. The average Bonchev–Trinajstić information content (AvgIpc) is 3.16. The second-order valence-corrected chi connectivity index (χ2v) is 7.95. The van der Waals surface area contributed by atoms with Gasteiger partial charge in [0.1, 0.15) is 11.5 Å². The van der Waals surface area contributed by atoms with Gasteiger partial charge < -0.3 is 24.5 Å². The molecule has 0 unspecified atom stereocenters. The molecule has 160 valence electrons. The van der Waals surface area contributed by atoms with Crippen molar-refractivity contribution in [3.63, 3.8) is 0 Å². The van der Waals surface area contributed by atoms with Crippen LogP contribution in [-0.4, -0.2) is 38.3 Å². The lowest BCUT2D eigenvalue weighted by Crippen LogP contribution is -2.36. The van der Waals surface area contributed by atoms with Gasteiger partial charge in [-0.3, -0.25) is 4.99 Å². The van der Waals surface area contributed by atoms with E-state index in [0.29, 0.717) is 38.2 Å². The molecule has 0 atom stereocenters. The van der Waals surface area contributed by atoms with Crippen LogP contribution in [0.15, 0.2) is 33.8 Å². The quantitative estimate of drug-likeness (QED) is 0.379. The molecule has 1 aromatic heterocycles. The number of oxazole rings is 1. The average molecular weight is 403 g/mol. The van der Waals surface area contributed by atoms with Crippen molar-refractivity contribution in [3.8, 4) is 5.75 Å². The number of nitrogens with zero attached hydrogens (tertiary/aromatic N) is 2. The van der Waals surface area contributed by atoms with Crippen molar-refractivity contribution in [2.45, 2.75) is 52.6 Å². The van der Waals surface area contributed by atoms with Crippen LogP contribution in [-0.2, 0) is 23.2 Å². The monoisotopic (exact) mass is 402 g/mol. The van der Waals surface area contributed by atoms with Crippen molar-refractivity contribution in [3.05, 3.63) is 47.2 Å². The van der Waals surface area contributed by atoms with Gasteiger partial charge in [0.05, 0.1) is 19.3 Å². The number of hydrogen-bond acceptors (Lipinski definition) is 5. The molecule has 0 amide bonds. The minimum absolute atomic E-state index is 0.0593. The molecular weight excluding hydrogens is 368 g/mol. The zero-order valence-corrected chi connectivity index (χ0v) is 18.5. The Labute approximate surface area is 173 Å². The molecule has 0 aliphatic carbocycles. The highest BCUT2D eigenvalue weighted by molar-refractivity contribution is 5.79. The van der Waals surface area contributed by atoms with Gasteiger partial charge in [0.2, 0.25) is 5.89 Å². The van der Waals surface area contributed by atoms with Crippen LogP contribution in [0.3, 0.4) is 0 Å². The molecule has 7 nitrogen and oxygen atoms in total. The lowest BCUT2D eigenvalue weighted by Gasteiger charge is -2.15. The minimum atomic E-state index is -0.0593. The van der Waals surface area contributed by atoms with Crippen molar-refractivity contribution < 1.29 is 13.9 Å². The number of rotatable bonds is 9. The second-order valence-electron chi connectivity index (χ2n) is 7.95. The summed E-state index contributed by atoms with van der Waals surface area (Å²) < 4.78 is 16.8. The van der Waals surface area contributed by atoms with Crippen LogP contribution in [0.1, 0.15) is 50.0 Å². The number of guanidine groups is 1. The first-order chi connectivity index (χ1) is 13.8. The Hall–Kier alpha value is -2.54. The van der Waals surface area contributed by atoms with E-state index in [1.807, 2.05) is 0 Å². The Kier molecular flexibility index (Phi) is 8.51. The van der Waals surface area contributed by atoms with E-state index < -0.39 is 0 Å². The highest BCUT2D eigenvalue weighted by Crippen LogP contribution is 2.23. The van der Waals surface area contributed by atoms with Crippen LogP contribution in [0.25, 0.3) is 0 Å². The van der Waals surface area contributed by atoms with Crippen LogP contribution in [0, 0.1) is 6.92 Å². The normalized spacial score (nSPS) is 12.1. The third-order valence-corrected chi connectivity index (χ3v) is 4.34. The fourth-order valence-electron chi connectivity index (χ4n) is 2.63. The highest BCUT2D eigenvalue weighted by Gasteiger charge is 2.19. The van der Waals surface area contributed by atoms with E-state index in [-0.39, 0.29) is 5.41 Å². The van der Waals surface area contributed by atoms with Crippen LogP contribution in [0.4, 0.5) is 0 Å². The number of nitrogens with one attached hydrogen (secondary N) is 2. The first kappa shape index (κ1) is 22.7. The lowest BCUT2D eigenvalue weighted by molar-refractivity contribution is 0.171. The predicted molar refractivity (Wildman–Crippen MR) is 115 cm³/mol. The summed E-state index contributed by atoms with van der Waals surface area (Å²) >= 11 is 0. The Morgan fingerprint density at radius 1 is 1.17 bits per heavy atom. The van der Waals surface area contributed by atoms with E-state index in [9.17, 15) is 0 Å². The maximum atomic E-state index is 5.94. The number of methoxy groups -OCH3 is 1. The zero-order chi connectivity index (χ0) is 21.3. The summed E-state index contributed by atoms with van der Waals surface area (Å²) in [5.74, 6) is 3.06. The molecule has 2 N–H and O–H groups in total. The molecule has 29 heavy (non-hydrogen) atoms. The Balaban J connectivity index is 1.91. The first-order valence-corrected chi connectivity index (χ1v) is 9.94. The fraction of sp³-hybridized carbons (Fsp3) is 0.545. The molecule has 0 saturated carbocycles. The summed E-state index contributed by atoms with van der Waals surface area (Å²) in [4.78, 5) is 8.61. The highest BCUT2D eigenvalue weighted by atomic mass is 16.5. The molecule has 0 spiro atoms. The van der Waals surface area contributed by atoms with Crippen molar-refractivity contribution >= 4 is 5.96 Å². The van der Waals surface area contributed by atoms with Crippen LogP contribution in [0.5, 0.6) is 5.75 Å². The van der Waals surface area contributed by atoms with Gasteiger partial charge in [-0.15, -0.1) is 0 Å². The van der Waals surface area contributed by atoms with E-state index >= 15 is 0 Å². The van der Waals surface area contributed by atoms with Gasteiger partial charge in [0.25, 0.3) is 0 Å². The number of hydrogen-bond donors (Lipinski definition) is 2. The van der Waals surface area contributed by atoms with Crippen molar-refractivity contribution in [2.75, 3.05) is 27.4 Å². The molecular formula is C22H34N4O3. The molecule has 1 heterocycles. The third-order valence-electron chi connectivity index (χ3n) is 4.34. The SMILES string of the molecule is CN=C(NCc1ncc(C(C)(C)C)o1)NCc1ccc(C)cc1OCCCOC. The van der Waals surface area contributed by atoms with Crippen LogP contribution < -0.4 is 15.4 Å². The van der Waals surface area contributed by atoms with Crippen molar-refractivity contribution in [1.82, 2.24) is 15.6 Å². The number of aryl methyl sites for hydroxylation is 1. The number of aliphatic imine (C=N–C) groups is 1. The largest absolute Gasteiger partial charge is 0.493 e. The summed E-state index contributed by atoms with van der Waals surface area (Å²) in [7, 11) is 3.44. The molecule has 2 aromatic rings. The van der Waals surface area contributed by atoms with Gasteiger partial charge in [-0.05, 0) is 18.6 Å². The van der Waals surface area contributed by atoms with Gasteiger partial charge in [0, 0.05) is 44.7 Å². The zero-order valence-electron chi connectivity index (χ0n) is 18.5. The molecule has 0 radical (unpaired) electrons. The lowest BCUT2D eigenvalue weighted by atomic mass is 9.94. The molecule has 0 saturated heterocycles. The van der Waals surface area contributed by atoms with Gasteiger partial charge in [0.15, 0.2) is 5.96 Å². The Morgan fingerprint density at radius 2 is 1.93 bits per heavy atom. The summed E-state index contributed by atoms with van der Waals surface area (Å²) in [6.07, 6.45) is 2.64. The summed E-state index contributed by atoms with van der Waals surface area (Å²) in [6.45, 7) is 10.7. The molecule has 0 aliphatic rings. The van der Waals surface area contributed by atoms with E-state index in [1.54, 1.807) is 20.4 Å².